The molecule has 7 heteroatoms. The third-order valence-electron chi connectivity index (χ3n) is 6.73. The highest BCUT2D eigenvalue weighted by Crippen LogP contribution is 2.44. The van der Waals surface area contributed by atoms with E-state index in [9.17, 15) is 19.5 Å². The highest BCUT2D eigenvalue weighted by Gasteiger charge is 2.36. The second-order valence-corrected chi connectivity index (χ2v) is 9.91. The predicted octanol–water partition coefficient (Wildman–Crippen LogP) is 4.26. The van der Waals surface area contributed by atoms with E-state index in [-0.39, 0.29) is 31.5 Å². The summed E-state index contributed by atoms with van der Waals surface area (Å²) in [6.07, 6.45) is 1.93. The van der Waals surface area contributed by atoms with Crippen LogP contribution in [0.3, 0.4) is 0 Å². The van der Waals surface area contributed by atoms with Gasteiger partial charge in [0.05, 0.1) is 0 Å². The summed E-state index contributed by atoms with van der Waals surface area (Å²) in [6, 6.07) is 16.3. The Hall–Kier alpha value is -3.35. The first-order chi connectivity index (χ1) is 16.3. The lowest BCUT2D eigenvalue weighted by Gasteiger charge is -2.31. The van der Waals surface area contributed by atoms with E-state index in [0.717, 1.165) is 24.0 Å². The van der Waals surface area contributed by atoms with Gasteiger partial charge in [0.1, 0.15) is 13.2 Å². The van der Waals surface area contributed by atoms with Crippen LogP contribution in [0, 0.1) is 11.3 Å². The number of carbonyl (C=O) groups is 3. The number of nitrogens with zero attached hydrogens (tertiary/aromatic N) is 1. The van der Waals surface area contributed by atoms with Gasteiger partial charge in [0, 0.05) is 24.4 Å². The maximum absolute atomic E-state index is 13.0. The summed E-state index contributed by atoms with van der Waals surface area (Å²) < 4.78 is 5.55. The number of aliphatic carboxylic acids is 1. The Morgan fingerprint density at radius 1 is 1.03 bits per heavy atom. The lowest BCUT2D eigenvalue weighted by atomic mass is 9.87. The van der Waals surface area contributed by atoms with E-state index in [1.165, 1.54) is 16.0 Å². The van der Waals surface area contributed by atoms with Crippen LogP contribution in [0.2, 0.25) is 0 Å². The van der Waals surface area contributed by atoms with Gasteiger partial charge in [0.15, 0.2) is 0 Å². The molecule has 0 radical (unpaired) electrons. The van der Waals surface area contributed by atoms with Gasteiger partial charge in [-0.3, -0.25) is 9.59 Å². The number of rotatable bonds is 10. The van der Waals surface area contributed by atoms with Crippen molar-refractivity contribution in [3.8, 4) is 11.1 Å². The van der Waals surface area contributed by atoms with Crippen molar-refractivity contribution in [1.29, 1.82) is 0 Å². The summed E-state index contributed by atoms with van der Waals surface area (Å²) in [6.45, 7) is 4.26. The summed E-state index contributed by atoms with van der Waals surface area (Å²) in [5.74, 6) is -0.820. The van der Waals surface area contributed by atoms with Crippen LogP contribution in [0.1, 0.15) is 50.2 Å². The Bertz CT molecular complexity index is 1030. The molecule has 0 unspecified atom stereocenters. The lowest BCUT2D eigenvalue weighted by Crippen LogP contribution is -2.45. The van der Waals surface area contributed by atoms with Crippen LogP contribution in [0.4, 0.5) is 4.79 Å². The molecule has 0 atom stereocenters. The van der Waals surface area contributed by atoms with Crippen molar-refractivity contribution in [3.63, 3.8) is 0 Å². The molecule has 4 rings (SSSR count). The standard InChI is InChI=1S/C27H32N2O5/c1-27(2,25(32)29(16-24(30)31)15-18-11-12-18)13-14-28-26(33)34-17-23-21-9-5-3-7-19(21)20-8-4-6-10-22(20)23/h3-10,18,23H,11-17H2,1-2H3,(H,28,33)(H,30,31). The average molecular weight is 465 g/mol. The number of carboxylic acid groups (broad SMARTS) is 1. The number of alkyl carbamates (subject to hydrolysis) is 1. The van der Waals surface area contributed by atoms with E-state index >= 15 is 0 Å². The minimum Gasteiger partial charge on any atom is -0.480 e. The van der Waals surface area contributed by atoms with Crippen LogP contribution in [-0.4, -0.2) is 54.2 Å². The smallest absolute Gasteiger partial charge is 0.407 e. The highest BCUT2D eigenvalue weighted by molar-refractivity contribution is 5.85. The molecule has 2 aromatic rings. The van der Waals surface area contributed by atoms with Crippen molar-refractivity contribution < 1.29 is 24.2 Å². The van der Waals surface area contributed by atoms with Gasteiger partial charge in [-0.1, -0.05) is 62.4 Å². The number of nitrogens with one attached hydrogen (secondary N) is 1. The molecular formula is C27H32N2O5. The van der Waals surface area contributed by atoms with E-state index in [4.69, 9.17) is 4.74 Å². The Balaban J connectivity index is 1.29. The summed E-state index contributed by atoms with van der Waals surface area (Å²) in [4.78, 5) is 38.0. The minimum absolute atomic E-state index is 0.0110. The Kier molecular flexibility index (Phi) is 6.91. The Morgan fingerprint density at radius 3 is 2.18 bits per heavy atom. The summed E-state index contributed by atoms with van der Waals surface area (Å²) in [7, 11) is 0. The van der Waals surface area contributed by atoms with Crippen LogP contribution >= 0.6 is 0 Å². The van der Waals surface area contributed by atoms with E-state index < -0.39 is 17.5 Å². The fraction of sp³-hybridized carbons (Fsp3) is 0.444. The number of ether oxygens (including phenoxy) is 1. The molecule has 0 saturated heterocycles. The SMILES string of the molecule is CC(C)(CCNC(=O)OCC1c2ccccc2-c2ccccc21)C(=O)N(CC(=O)O)CC1CC1. The van der Waals surface area contributed by atoms with Crippen LogP contribution < -0.4 is 5.32 Å². The second-order valence-electron chi connectivity index (χ2n) is 9.91. The van der Waals surface area contributed by atoms with E-state index in [1.807, 2.05) is 24.3 Å². The Labute approximate surface area is 200 Å². The van der Waals surface area contributed by atoms with Crippen LogP contribution in [-0.2, 0) is 14.3 Å². The topological polar surface area (TPSA) is 95.9 Å². The van der Waals surface area contributed by atoms with Crippen molar-refractivity contribution >= 4 is 18.0 Å². The molecule has 0 aliphatic heterocycles. The quantitative estimate of drug-likeness (QED) is 0.548. The molecule has 0 aromatic heterocycles. The normalized spacial score (nSPS) is 14.8. The third kappa shape index (κ3) is 5.41. The summed E-state index contributed by atoms with van der Waals surface area (Å²) in [5, 5.41) is 11.9. The van der Waals surface area contributed by atoms with Crippen LogP contribution in [0.25, 0.3) is 11.1 Å². The number of carboxylic acids is 1. The molecule has 2 aliphatic carbocycles. The zero-order chi connectivity index (χ0) is 24.3. The zero-order valence-corrected chi connectivity index (χ0v) is 19.8. The molecular weight excluding hydrogens is 432 g/mol. The molecule has 2 amide bonds. The lowest BCUT2D eigenvalue weighted by molar-refractivity contribution is -0.149. The van der Waals surface area contributed by atoms with Gasteiger partial charge < -0.3 is 20.1 Å². The third-order valence-corrected chi connectivity index (χ3v) is 6.73. The largest absolute Gasteiger partial charge is 0.480 e. The summed E-state index contributed by atoms with van der Waals surface area (Å²) >= 11 is 0. The maximum atomic E-state index is 13.0. The average Bonchev–Trinajstić information content (AvgIpc) is 3.57. The first-order valence-electron chi connectivity index (χ1n) is 11.9. The van der Waals surface area contributed by atoms with Gasteiger partial charge in [0.2, 0.25) is 5.91 Å². The molecule has 1 saturated carbocycles. The minimum atomic E-state index is -1.01. The number of hydrogen-bond donors (Lipinski definition) is 2. The molecule has 2 aliphatic rings. The number of hydrogen-bond acceptors (Lipinski definition) is 4. The van der Waals surface area contributed by atoms with Crippen LogP contribution in [0.5, 0.6) is 0 Å². The molecule has 2 aromatic carbocycles. The molecule has 180 valence electrons. The fourth-order valence-electron chi connectivity index (χ4n) is 4.66. The molecule has 34 heavy (non-hydrogen) atoms. The molecule has 0 spiro atoms. The van der Waals surface area contributed by atoms with Crippen molar-refractivity contribution in [2.75, 3.05) is 26.2 Å². The molecule has 0 bridgehead atoms. The van der Waals surface area contributed by atoms with Gasteiger partial charge in [0.25, 0.3) is 0 Å². The highest BCUT2D eigenvalue weighted by atomic mass is 16.5. The van der Waals surface area contributed by atoms with Gasteiger partial charge in [-0.15, -0.1) is 0 Å². The summed E-state index contributed by atoms with van der Waals surface area (Å²) in [5.41, 5.74) is 3.85. The molecule has 7 nitrogen and oxygen atoms in total. The molecule has 1 fully saturated rings. The number of benzene rings is 2. The number of amides is 2. The molecule has 2 N–H and O–H groups in total. The van der Waals surface area contributed by atoms with Crippen molar-refractivity contribution in [1.82, 2.24) is 10.2 Å². The first kappa shape index (κ1) is 23.8. The zero-order valence-electron chi connectivity index (χ0n) is 19.8. The molecule has 0 heterocycles. The second kappa shape index (κ2) is 9.87. The van der Waals surface area contributed by atoms with Gasteiger partial charge in [-0.2, -0.15) is 0 Å². The van der Waals surface area contributed by atoms with Gasteiger partial charge in [-0.05, 0) is 47.4 Å². The Morgan fingerprint density at radius 2 is 1.62 bits per heavy atom. The number of carbonyl (C=O) groups excluding carboxylic acids is 2. The monoisotopic (exact) mass is 464 g/mol. The van der Waals surface area contributed by atoms with Gasteiger partial charge in [-0.25, -0.2) is 4.79 Å². The first-order valence-corrected chi connectivity index (χ1v) is 11.9. The number of fused-ring (bicyclic) bond motifs is 3. The van der Waals surface area contributed by atoms with E-state index in [1.54, 1.807) is 13.8 Å². The maximum Gasteiger partial charge on any atom is 0.407 e. The van der Waals surface area contributed by atoms with Crippen LogP contribution in [0.15, 0.2) is 48.5 Å². The fourth-order valence-corrected chi connectivity index (χ4v) is 4.66. The van der Waals surface area contributed by atoms with E-state index in [0.29, 0.717) is 18.9 Å². The van der Waals surface area contributed by atoms with Crippen molar-refractivity contribution in [2.45, 2.75) is 39.0 Å². The predicted molar refractivity (Wildman–Crippen MR) is 128 cm³/mol. The van der Waals surface area contributed by atoms with Crippen molar-refractivity contribution in [3.05, 3.63) is 59.7 Å². The van der Waals surface area contributed by atoms with E-state index in [2.05, 4.69) is 29.6 Å². The van der Waals surface area contributed by atoms with Gasteiger partial charge >= 0.3 is 12.1 Å². The van der Waals surface area contributed by atoms with Crippen molar-refractivity contribution in [2.24, 2.45) is 11.3 Å².